The number of rotatable bonds is 3. The second kappa shape index (κ2) is 5.19. The van der Waals surface area contributed by atoms with Crippen LogP contribution in [0.15, 0.2) is 48.5 Å². The van der Waals surface area contributed by atoms with Crippen LogP contribution in [0.5, 0.6) is 0 Å². The first-order valence-corrected chi connectivity index (χ1v) is 7.30. The smallest absolute Gasteiger partial charge is 0.116 e. The Morgan fingerprint density at radius 3 is 2.63 bits per heavy atom. The number of thiazole rings is 1. The number of fused-ring (bicyclic) bond motifs is 1. The van der Waals surface area contributed by atoms with Crippen molar-refractivity contribution >= 4 is 38.8 Å². The second-order valence-electron chi connectivity index (χ2n) is 4.37. The molecule has 2 nitrogen and oxygen atoms in total. The highest BCUT2D eigenvalue weighted by Crippen LogP contribution is 2.30. The first kappa shape index (κ1) is 12.5. The third-order valence-electron chi connectivity index (χ3n) is 2.93. The summed E-state index contributed by atoms with van der Waals surface area (Å²) >= 11 is 7.87. The Kier molecular flexibility index (Phi) is 3.40. The van der Waals surface area contributed by atoms with Crippen LogP contribution < -0.4 is 5.32 Å². The Bertz CT molecular complexity index is 675. The molecule has 1 heterocycles. The van der Waals surface area contributed by atoms with E-state index in [0.29, 0.717) is 0 Å². The van der Waals surface area contributed by atoms with E-state index in [2.05, 4.69) is 23.3 Å². The Morgan fingerprint density at radius 1 is 1.11 bits per heavy atom. The van der Waals surface area contributed by atoms with Crippen molar-refractivity contribution in [3.05, 3.63) is 58.6 Å². The lowest BCUT2D eigenvalue weighted by molar-refractivity contribution is 0.874. The van der Waals surface area contributed by atoms with E-state index in [0.717, 1.165) is 21.2 Å². The van der Waals surface area contributed by atoms with Gasteiger partial charge in [0.2, 0.25) is 0 Å². The number of aromatic nitrogens is 1. The summed E-state index contributed by atoms with van der Waals surface area (Å²) in [4.78, 5) is 4.65. The van der Waals surface area contributed by atoms with Crippen LogP contribution in [0, 0.1) is 0 Å². The number of benzene rings is 2. The van der Waals surface area contributed by atoms with Crippen molar-refractivity contribution in [1.29, 1.82) is 0 Å². The zero-order valence-electron chi connectivity index (χ0n) is 10.4. The molecular formula is C15H13ClN2S. The van der Waals surface area contributed by atoms with Crippen molar-refractivity contribution in [3.63, 3.8) is 0 Å². The molecule has 1 atom stereocenters. The van der Waals surface area contributed by atoms with Crippen LogP contribution in [-0.2, 0) is 0 Å². The quantitative estimate of drug-likeness (QED) is 0.723. The van der Waals surface area contributed by atoms with Crippen LogP contribution in [0.3, 0.4) is 0 Å². The van der Waals surface area contributed by atoms with E-state index in [1.54, 1.807) is 11.3 Å². The van der Waals surface area contributed by atoms with Gasteiger partial charge in [-0.05, 0) is 31.2 Å². The molecule has 0 spiro atoms. The van der Waals surface area contributed by atoms with Crippen molar-refractivity contribution in [2.24, 2.45) is 0 Å². The molecule has 0 radical (unpaired) electrons. The molecule has 0 saturated carbocycles. The predicted molar refractivity (Wildman–Crippen MR) is 83.1 cm³/mol. The highest BCUT2D eigenvalue weighted by Gasteiger charge is 2.12. The first-order chi connectivity index (χ1) is 9.24. The molecule has 1 N–H and O–H groups in total. The topological polar surface area (TPSA) is 24.9 Å². The Labute approximate surface area is 121 Å². The lowest BCUT2D eigenvalue weighted by Gasteiger charge is -2.13. The van der Waals surface area contributed by atoms with Crippen LogP contribution >= 0.6 is 22.9 Å². The SMILES string of the molecule is CC(Nc1ccccc1Cl)c1nc2ccccc2s1. The maximum Gasteiger partial charge on any atom is 0.116 e. The average Bonchev–Trinajstić information content (AvgIpc) is 2.85. The van der Waals surface area contributed by atoms with Crippen molar-refractivity contribution in [2.45, 2.75) is 13.0 Å². The number of hydrogen-bond donors (Lipinski definition) is 1. The fourth-order valence-corrected chi connectivity index (χ4v) is 3.11. The molecule has 1 aromatic heterocycles. The molecule has 96 valence electrons. The van der Waals surface area contributed by atoms with Gasteiger partial charge in [-0.1, -0.05) is 35.9 Å². The Morgan fingerprint density at radius 2 is 1.84 bits per heavy atom. The van der Waals surface area contributed by atoms with Gasteiger partial charge in [0.1, 0.15) is 5.01 Å². The zero-order valence-corrected chi connectivity index (χ0v) is 12.0. The van der Waals surface area contributed by atoms with Gasteiger partial charge in [0.05, 0.1) is 27.0 Å². The number of halogens is 1. The highest BCUT2D eigenvalue weighted by atomic mass is 35.5. The molecule has 0 aliphatic carbocycles. The molecule has 3 rings (SSSR count). The fraction of sp³-hybridized carbons (Fsp3) is 0.133. The number of nitrogens with zero attached hydrogens (tertiary/aromatic N) is 1. The van der Waals surface area contributed by atoms with Crippen LogP contribution in [-0.4, -0.2) is 4.98 Å². The van der Waals surface area contributed by atoms with Gasteiger partial charge in [-0.25, -0.2) is 4.98 Å². The van der Waals surface area contributed by atoms with Crippen LogP contribution in [0.1, 0.15) is 18.0 Å². The number of anilines is 1. The molecule has 0 amide bonds. The average molecular weight is 289 g/mol. The molecule has 19 heavy (non-hydrogen) atoms. The minimum absolute atomic E-state index is 0.136. The summed E-state index contributed by atoms with van der Waals surface area (Å²) in [6.07, 6.45) is 0. The molecule has 0 bridgehead atoms. The number of hydrogen-bond acceptors (Lipinski definition) is 3. The van der Waals surface area contributed by atoms with Gasteiger partial charge in [0.25, 0.3) is 0 Å². The monoisotopic (exact) mass is 288 g/mol. The molecule has 0 saturated heterocycles. The van der Waals surface area contributed by atoms with Gasteiger partial charge in [-0.15, -0.1) is 11.3 Å². The largest absolute Gasteiger partial charge is 0.375 e. The normalized spacial score (nSPS) is 12.5. The van der Waals surface area contributed by atoms with Gasteiger partial charge < -0.3 is 5.32 Å². The molecule has 4 heteroatoms. The van der Waals surface area contributed by atoms with Crippen LogP contribution in [0.2, 0.25) is 5.02 Å². The summed E-state index contributed by atoms with van der Waals surface area (Å²) in [5.74, 6) is 0. The van der Waals surface area contributed by atoms with E-state index in [-0.39, 0.29) is 6.04 Å². The zero-order chi connectivity index (χ0) is 13.2. The van der Waals surface area contributed by atoms with E-state index >= 15 is 0 Å². The second-order valence-corrected chi connectivity index (χ2v) is 5.84. The van der Waals surface area contributed by atoms with E-state index in [1.807, 2.05) is 42.5 Å². The Hall–Kier alpha value is -1.58. The molecule has 0 aliphatic rings. The lowest BCUT2D eigenvalue weighted by atomic mass is 10.2. The van der Waals surface area contributed by atoms with Crippen molar-refractivity contribution < 1.29 is 0 Å². The first-order valence-electron chi connectivity index (χ1n) is 6.10. The summed E-state index contributed by atoms with van der Waals surface area (Å²) in [6, 6.07) is 16.1. The van der Waals surface area contributed by atoms with E-state index < -0.39 is 0 Å². The van der Waals surface area contributed by atoms with E-state index in [4.69, 9.17) is 11.6 Å². The summed E-state index contributed by atoms with van der Waals surface area (Å²) in [7, 11) is 0. The summed E-state index contributed by atoms with van der Waals surface area (Å²) in [5, 5.41) is 5.21. The van der Waals surface area contributed by atoms with Crippen molar-refractivity contribution in [1.82, 2.24) is 4.98 Å². The van der Waals surface area contributed by atoms with Gasteiger partial charge in [-0.2, -0.15) is 0 Å². The van der Waals surface area contributed by atoms with Crippen LogP contribution in [0.4, 0.5) is 5.69 Å². The summed E-state index contributed by atoms with van der Waals surface area (Å²) in [6.45, 7) is 2.10. The van der Waals surface area contributed by atoms with Crippen molar-refractivity contribution in [3.8, 4) is 0 Å². The van der Waals surface area contributed by atoms with E-state index in [1.165, 1.54) is 4.70 Å². The molecular weight excluding hydrogens is 276 g/mol. The van der Waals surface area contributed by atoms with Gasteiger partial charge >= 0.3 is 0 Å². The lowest BCUT2D eigenvalue weighted by Crippen LogP contribution is -2.06. The maximum absolute atomic E-state index is 6.15. The molecule has 1 unspecified atom stereocenters. The molecule has 0 fully saturated rings. The van der Waals surface area contributed by atoms with Crippen molar-refractivity contribution in [2.75, 3.05) is 5.32 Å². The third-order valence-corrected chi connectivity index (χ3v) is 4.48. The molecule has 3 aromatic rings. The van der Waals surface area contributed by atoms with Gasteiger partial charge in [0.15, 0.2) is 0 Å². The maximum atomic E-state index is 6.15. The molecule has 2 aromatic carbocycles. The highest BCUT2D eigenvalue weighted by molar-refractivity contribution is 7.18. The molecule has 0 aliphatic heterocycles. The minimum atomic E-state index is 0.136. The summed E-state index contributed by atoms with van der Waals surface area (Å²) < 4.78 is 1.21. The third kappa shape index (κ3) is 2.57. The standard InChI is InChI=1S/C15H13ClN2S/c1-10(17-12-7-3-2-6-11(12)16)15-18-13-8-4-5-9-14(13)19-15/h2-10,17H,1H3. The number of nitrogens with one attached hydrogen (secondary N) is 1. The van der Waals surface area contributed by atoms with Gasteiger partial charge in [0, 0.05) is 0 Å². The minimum Gasteiger partial charge on any atom is -0.375 e. The predicted octanol–water partition coefficient (Wildman–Crippen LogP) is 5.12. The van der Waals surface area contributed by atoms with Gasteiger partial charge in [-0.3, -0.25) is 0 Å². The van der Waals surface area contributed by atoms with E-state index in [9.17, 15) is 0 Å². The fourth-order valence-electron chi connectivity index (χ4n) is 1.95. The summed E-state index contributed by atoms with van der Waals surface area (Å²) in [5.41, 5.74) is 1.99. The van der Waals surface area contributed by atoms with Crippen LogP contribution in [0.25, 0.3) is 10.2 Å². The Balaban J connectivity index is 1.87. The number of para-hydroxylation sites is 2.